The summed E-state index contributed by atoms with van der Waals surface area (Å²) in [5, 5.41) is 3.10. The number of carbonyl (C=O) groups is 1. The Morgan fingerprint density at radius 2 is 2.00 bits per heavy atom. The molecule has 0 spiro atoms. The summed E-state index contributed by atoms with van der Waals surface area (Å²) in [6.45, 7) is 1.50. The van der Waals surface area contributed by atoms with E-state index in [1.165, 1.54) is 17.5 Å². The number of anilines is 1. The molecule has 1 saturated heterocycles. The topological polar surface area (TPSA) is 61.0 Å². The molecule has 1 aliphatic carbocycles. The molecule has 3 aromatic rings. The first kappa shape index (κ1) is 16.4. The number of aryl methyl sites for hydroxylation is 2. The Kier molecular flexibility index (Phi) is 4.07. The molecule has 5 nitrogen and oxygen atoms in total. The SMILES string of the molecule is O=C(Nc1ccc2c(c1)CCC2)N1CCCC(c2nc3ccccc3[nH]2)C1. The summed E-state index contributed by atoms with van der Waals surface area (Å²) >= 11 is 0. The van der Waals surface area contributed by atoms with Gasteiger partial charge in [0.05, 0.1) is 11.0 Å². The second kappa shape index (κ2) is 6.72. The minimum absolute atomic E-state index is 0.00578. The van der Waals surface area contributed by atoms with Gasteiger partial charge in [-0.3, -0.25) is 0 Å². The Hall–Kier alpha value is -2.82. The zero-order chi connectivity index (χ0) is 18.2. The monoisotopic (exact) mass is 360 g/mol. The Morgan fingerprint density at radius 1 is 1.11 bits per heavy atom. The van der Waals surface area contributed by atoms with Gasteiger partial charge in [0.15, 0.2) is 0 Å². The molecule has 0 radical (unpaired) electrons. The number of amides is 2. The van der Waals surface area contributed by atoms with Crippen molar-refractivity contribution in [1.29, 1.82) is 0 Å². The zero-order valence-corrected chi connectivity index (χ0v) is 15.4. The number of carbonyl (C=O) groups excluding carboxylic acids is 1. The van der Waals surface area contributed by atoms with Crippen LogP contribution in [0.3, 0.4) is 0 Å². The fraction of sp³-hybridized carbons (Fsp3) is 0.364. The number of hydrogen-bond acceptors (Lipinski definition) is 2. The van der Waals surface area contributed by atoms with Crippen LogP contribution in [0.15, 0.2) is 42.5 Å². The van der Waals surface area contributed by atoms with Crippen LogP contribution in [0.5, 0.6) is 0 Å². The highest BCUT2D eigenvalue weighted by atomic mass is 16.2. The van der Waals surface area contributed by atoms with E-state index in [9.17, 15) is 4.79 Å². The van der Waals surface area contributed by atoms with Gasteiger partial charge in [0, 0.05) is 24.7 Å². The Bertz CT molecular complexity index is 960. The molecule has 0 saturated carbocycles. The van der Waals surface area contributed by atoms with Crippen molar-refractivity contribution in [2.75, 3.05) is 18.4 Å². The van der Waals surface area contributed by atoms with Crippen molar-refractivity contribution in [3.05, 3.63) is 59.4 Å². The van der Waals surface area contributed by atoms with E-state index >= 15 is 0 Å². The normalized spacial score (nSPS) is 19.3. The molecular weight excluding hydrogens is 336 g/mol. The van der Waals surface area contributed by atoms with Crippen molar-refractivity contribution < 1.29 is 4.79 Å². The molecule has 2 N–H and O–H groups in total. The molecule has 1 fully saturated rings. The lowest BCUT2D eigenvalue weighted by molar-refractivity contribution is 0.191. The first-order chi connectivity index (χ1) is 13.3. The minimum atomic E-state index is -0.00578. The molecule has 2 amide bonds. The summed E-state index contributed by atoms with van der Waals surface area (Å²) in [4.78, 5) is 22.9. The van der Waals surface area contributed by atoms with Gasteiger partial charge in [-0.15, -0.1) is 0 Å². The van der Waals surface area contributed by atoms with Gasteiger partial charge in [0.1, 0.15) is 5.82 Å². The molecule has 0 bridgehead atoms. The van der Waals surface area contributed by atoms with Gasteiger partial charge in [0.25, 0.3) is 0 Å². The van der Waals surface area contributed by atoms with E-state index in [-0.39, 0.29) is 11.9 Å². The lowest BCUT2D eigenvalue weighted by atomic mass is 9.97. The number of urea groups is 1. The van der Waals surface area contributed by atoms with Crippen LogP contribution < -0.4 is 5.32 Å². The Morgan fingerprint density at radius 3 is 2.93 bits per heavy atom. The van der Waals surface area contributed by atoms with Gasteiger partial charge in [-0.1, -0.05) is 18.2 Å². The maximum atomic E-state index is 12.8. The number of piperidine rings is 1. The van der Waals surface area contributed by atoms with Gasteiger partial charge in [-0.2, -0.15) is 0 Å². The van der Waals surface area contributed by atoms with Gasteiger partial charge in [-0.25, -0.2) is 9.78 Å². The summed E-state index contributed by atoms with van der Waals surface area (Å²) in [7, 11) is 0. The van der Waals surface area contributed by atoms with E-state index in [1.54, 1.807) is 0 Å². The number of hydrogen-bond donors (Lipinski definition) is 2. The summed E-state index contributed by atoms with van der Waals surface area (Å²) in [5.41, 5.74) is 5.77. The third-order valence-electron chi connectivity index (χ3n) is 5.85. The third-order valence-corrected chi connectivity index (χ3v) is 5.85. The maximum Gasteiger partial charge on any atom is 0.321 e. The quantitative estimate of drug-likeness (QED) is 0.709. The molecule has 1 atom stereocenters. The fourth-order valence-corrected chi connectivity index (χ4v) is 4.40. The molecular formula is C22H24N4O. The van der Waals surface area contributed by atoms with Gasteiger partial charge >= 0.3 is 6.03 Å². The van der Waals surface area contributed by atoms with Crippen LogP contribution >= 0.6 is 0 Å². The van der Waals surface area contributed by atoms with Crippen LogP contribution in [-0.4, -0.2) is 34.0 Å². The van der Waals surface area contributed by atoms with Crippen LogP contribution in [0.2, 0.25) is 0 Å². The average Bonchev–Trinajstić information content (AvgIpc) is 3.34. The number of benzene rings is 2. The van der Waals surface area contributed by atoms with Crippen molar-refractivity contribution in [1.82, 2.24) is 14.9 Å². The smallest absolute Gasteiger partial charge is 0.321 e. The van der Waals surface area contributed by atoms with E-state index in [0.717, 1.165) is 54.8 Å². The number of aromatic amines is 1. The second-order valence-electron chi connectivity index (χ2n) is 7.69. The number of rotatable bonds is 2. The minimum Gasteiger partial charge on any atom is -0.342 e. The van der Waals surface area contributed by atoms with Crippen molar-refractivity contribution in [3.8, 4) is 0 Å². The van der Waals surface area contributed by atoms with Crippen LogP contribution in [0.1, 0.15) is 42.1 Å². The lowest BCUT2D eigenvalue weighted by Crippen LogP contribution is -2.41. The Balaban J connectivity index is 1.29. The molecule has 1 aliphatic heterocycles. The molecule has 5 heteroatoms. The number of nitrogens with one attached hydrogen (secondary N) is 2. The highest BCUT2D eigenvalue weighted by molar-refractivity contribution is 5.89. The van der Waals surface area contributed by atoms with E-state index in [0.29, 0.717) is 6.54 Å². The molecule has 2 aliphatic rings. The van der Waals surface area contributed by atoms with Gasteiger partial charge in [0.2, 0.25) is 0 Å². The number of imidazole rings is 1. The second-order valence-corrected chi connectivity index (χ2v) is 7.69. The van der Waals surface area contributed by atoms with E-state index < -0.39 is 0 Å². The molecule has 2 heterocycles. The van der Waals surface area contributed by atoms with Crippen molar-refractivity contribution in [2.45, 2.75) is 38.0 Å². The maximum absolute atomic E-state index is 12.8. The number of H-pyrrole nitrogens is 1. The molecule has 2 aromatic carbocycles. The molecule has 1 aromatic heterocycles. The lowest BCUT2D eigenvalue weighted by Gasteiger charge is -2.32. The fourth-order valence-electron chi connectivity index (χ4n) is 4.40. The molecule has 27 heavy (non-hydrogen) atoms. The van der Waals surface area contributed by atoms with Crippen LogP contribution in [0.4, 0.5) is 10.5 Å². The van der Waals surface area contributed by atoms with E-state index in [1.807, 2.05) is 35.2 Å². The first-order valence-corrected chi connectivity index (χ1v) is 9.89. The van der Waals surface area contributed by atoms with E-state index in [4.69, 9.17) is 4.98 Å². The number of aromatic nitrogens is 2. The predicted molar refractivity (Wildman–Crippen MR) is 107 cm³/mol. The van der Waals surface area contributed by atoms with Crippen LogP contribution in [0, 0.1) is 0 Å². The van der Waals surface area contributed by atoms with E-state index in [2.05, 4.69) is 22.4 Å². The standard InChI is InChI=1S/C22H24N4O/c27-22(23-18-11-10-15-5-3-6-16(15)13-18)26-12-4-7-17(14-26)21-24-19-8-1-2-9-20(19)25-21/h1-2,8-11,13,17H,3-7,12,14H2,(H,23,27)(H,24,25). The number of para-hydroxylation sites is 2. The third kappa shape index (κ3) is 3.18. The summed E-state index contributed by atoms with van der Waals surface area (Å²) in [6, 6.07) is 14.4. The highest BCUT2D eigenvalue weighted by Crippen LogP contribution is 2.28. The van der Waals surface area contributed by atoms with Crippen LogP contribution in [-0.2, 0) is 12.8 Å². The predicted octanol–water partition coefficient (Wildman–Crippen LogP) is 4.46. The first-order valence-electron chi connectivity index (χ1n) is 9.89. The van der Waals surface area contributed by atoms with Gasteiger partial charge < -0.3 is 15.2 Å². The van der Waals surface area contributed by atoms with Crippen molar-refractivity contribution >= 4 is 22.8 Å². The Labute approximate surface area is 158 Å². The summed E-state index contributed by atoms with van der Waals surface area (Å²) in [6.07, 6.45) is 5.56. The highest BCUT2D eigenvalue weighted by Gasteiger charge is 2.27. The molecule has 138 valence electrons. The van der Waals surface area contributed by atoms with Crippen LogP contribution in [0.25, 0.3) is 11.0 Å². The molecule has 1 unspecified atom stereocenters. The molecule has 5 rings (SSSR count). The van der Waals surface area contributed by atoms with Gasteiger partial charge in [-0.05, 0) is 67.5 Å². The van der Waals surface area contributed by atoms with Crippen molar-refractivity contribution in [2.24, 2.45) is 0 Å². The largest absolute Gasteiger partial charge is 0.342 e. The summed E-state index contributed by atoms with van der Waals surface area (Å²) in [5.74, 6) is 1.25. The average molecular weight is 360 g/mol. The number of nitrogens with zero attached hydrogens (tertiary/aromatic N) is 2. The number of fused-ring (bicyclic) bond motifs is 2. The van der Waals surface area contributed by atoms with Crippen molar-refractivity contribution in [3.63, 3.8) is 0 Å². The summed E-state index contributed by atoms with van der Waals surface area (Å²) < 4.78 is 0. The zero-order valence-electron chi connectivity index (χ0n) is 15.4. The number of likely N-dealkylation sites (tertiary alicyclic amines) is 1.